The molecule has 0 unspecified atom stereocenters. The van der Waals surface area contributed by atoms with Gasteiger partial charge >= 0.3 is 0 Å². The van der Waals surface area contributed by atoms with E-state index in [2.05, 4.69) is 10.6 Å². The summed E-state index contributed by atoms with van der Waals surface area (Å²) in [6.07, 6.45) is 0.238. The van der Waals surface area contributed by atoms with E-state index in [-0.39, 0.29) is 18.0 Å². The van der Waals surface area contributed by atoms with Crippen LogP contribution < -0.4 is 10.6 Å². The van der Waals surface area contributed by atoms with Crippen molar-refractivity contribution >= 4 is 23.3 Å². The topological polar surface area (TPSA) is 75.3 Å². The fraction of sp³-hybridized carbons (Fsp3) is 0.211. The summed E-state index contributed by atoms with van der Waals surface area (Å²) in [5.74, 6) is -1.27. The minimum Gasteiger partial charge on any atom is -0.355 e. The van der Waals surface area contributed by atoms with Gasteiger partial charge in [-0.3, -0.25) is 14.4 Å². The predicted molar refractivity (Wildman–Crippen MR) is 92.8 cm³/mol. The molecule has 0 heterocycles. The number of ketones is 1. The molecular weight excluding hydrogens is 323 g/mol. The smallest absolute Gasteiger partial charge is 0.233 e. The van der Waals surface area contributed by atoms with E-state index in [0.717, 1.165) is 5.56 Å². The zero-order valence-electron chi connectivity index (χ0n) is 13.8. The second-order valence-electron chi connectivity index (χ2n) is 5.59. The Hall–Kier alpha value is -3.02. The molecule has 0 spiro atoms. The van der Waals surface area contributed by atoms with E-state index in [0.29, 0.717) is 24.2 Å². The van der Waals surface area contributed by atoms with Gasteiger partial charge in [-0.15, -0.1) is 0 Å². The summed E-state index contributed by atoms with van der Waals surface area (Å²) >= 11 is 0. The van der Waals surface area contributed by atoms with E-state index in [1.54, 1.807) is 36.4 Å². The van der Waals surface area contributed by atoms with Crippen LogP contribution in [0.25, 0.3) is 0 Å². The summed E-state index contributed by atoms with van der Waals surface area (Å²) < 4.78 is 12.8. The first kappa shape index (κ1) is 18.3. The Bertz CT molecular complexity index is 772. The first-order valence-electron chi connectivity index (χ1n) is 7.86. The number of carbonyl (C=O) groups excluding carboxylic acids is 3. The SMILES string of the molecule is CC(=O)c1cccc(NC(=O)CC(=O)NCCc2ccc(F)cc2)c1. The molecule has 25 heavy (non-hydrogen) atoms. The number of hydrogen-bond donors (Lipinski definition) is 2. The number of rotatable bonds is 7. The number of carbonyl (C=O) groups is 3. The lowest BCUT2D eigenvalue weighted by molar-refractivity contribution is -0.126. The standard InChI is InChI=1S/C19H19FN2O3/c1-13(23)15-3-2-4-17(11-15)22-19(25)12-18(24)21-10-9-14-5-7-16(20)8-6-14/h2-8,11H,9-10,12H2,1H3,(H,21,24)(H,22,25). The van der Waals surface area contributed by atoms with Crippen LogP contribution in [-0.2, 0) is 16.0 Å². The molecule has 2 aromatic carbocycles. The molecule has 2 rings (SSSR count). The lowest BCUT2D eigenvalue weighted by Gasteiger charge is -2.07. The molecule has 2 amide bonds. The van der Waals surface area contributed by atoms with Crippen molar-refractivity contribution in [2.75, 3.05) is 11.9 Å². The molecule has 130 valence electrons. The maximum Gasteiger partial charge on any atom is 0.233 e. The van der Waals surface area contributed by atoms with Crippen LogP contribution in [0.1, 0.15) is 29.3 Å². The quantitative estimate of drug-likeness (QED) is 0.600. The Morgan fingerprint density at radius 3 is 2.40 bits per heavy atom. The average molecular weight is 342 g/mol. The van der Waals surface area contributed by atoms with Gasteiger partial charge in [0.05, 0.1) is 0 Å². The third-order valence-corrected chi connectivity index (χ3v) is 3.52. The minimum atomic E-state index is -0.458. The maximum absolute atomic E-state index is 12.8. The second kappa shape index (κ2) is 8.73. The van der Waals surface area contributed by atoms with Gasteiger partial charge < -0.3 is 10.6 Å². The summed E-state index contributed by atoms with van der Waals surface area (Å²) in [4.78, 5) is 35.0. The average Bonchev–Trinajstić information content (AvgIpc) is 2.56. The van der Waals surface area contributed by atoms with Crippen LogP contribution in [0.15, 0.2) is 48.5 Å². The lowest BCUT2D eigenvalue weighted by Crippen LogP contribution is -2.29. The van der Waals surface area contributed by atoms with Crippen LogP contribution in [0.5, 0.6) is 0 Å². The Labute approximate surface area is 145 Å². The molecule has 0 atom stereocenters. The zero-order valence-corrected chi connectivity index (χ0v) is 13.8. The molecule has 0 aliphatic heterocycles. The number of nitrogens with one attached hydrogen (secondary N) is 2. The Kier molecular flexibility index (Phi) is 6.39. The normalized spacial score (nSPS) is 10.2. The van der Waals surface area contributed by atoms with Crippen LogP contribution >= 0.6 is 0 Å². The Balaban J connectivity index is 1.76. The summed E-state index contributed by atoms with van der Waals surface area (Å²) in [6, 6.07) is 12.5. The van der Waals surface area contributed by atoms with Crippen LogP contribution in [-0.4, -0.2) is 24.1 Å². The fourth-order valence-electron chi connectivity index (χ4n) is 2.23. The van der Waals surface area contributed by atoms with Crippen LogP contribution in [0.4, 0.5) is 10.1 Å². The van der Waals surface area contributed by atoms with Crippen molar-refractivity contribution in [3.05, 3.63) is 65.5 Å². The first-order valence-corrected chi connectivity index (χ1v) is 7.86. The van der Waals surface area contributed by atoms with Gasteiger partial charge in [0.2, 0.25) is 11.8 Å². The van der Waals surface area contributed by atoms with Crippen LogP contribution in [0, 0.1) is 5.82 Å². The molecular formula is C19H19FN2O3. The summed E-state index contributed by atoms with van der Waals surface area (Å²) in [5.41, 5.74) is 1.85. The molecule has 2 aromatic rings. The molecule has 0 bridgehead atoms. The highest BCUT2D eigenvalue weighted by molar-refractivity contribution is 6.04. The number of Topliss-reactive ketones (excluding diaryl/α,β-unsaturated/α-hetero) is 1. The Morgan fingerprint density at radius 1 is 1.00 bits per heavy atom. The van der Waals surface area contributed by atoms with Gasteiger partial charge in [0, 0.05) is 17.8 Å². The highest BCUT2D eigenvalue weighted by Gasteiger charge is 2.10. The maximum atomic E-state index is 12.8. The minimum absolute atomic E-state index is 0.102. The van der Waals surface area contributed by atoms with Gasteiger partial charge in [-0.2, -0.15) is 0 Å². The molecule has 0 saturated heterocycles. The zero-order chi connectivity index (χ0) is 18.2. The molecule has 0 saturated carbocycles. The van der Waals surface area contributed by atoms with E-state index in [4.69, 9.17) is 0 Å². The number of halogens is 1. The number of anilines is 1. The molecule has 0 fully saturated rings. The fourth-order valence-corrected chi connectivity index (χ4v) is 2.23. The van der Waals surface area contributed by atoms with Crippen molar-refractivity contribution in [3.63, 3.8) is 0 Å². The van der Waals surface area contributed by atoms with E-state index in [9.17, 15) is 18.8 Å². The number of amides is 2. The van der Waals surface area contributed by atoms with E-state index < -0.39 is 11.8 Å². The lowest BCUT2D eigenvalue weighted by atomic mass is 10.1. The number of benzene rings is 2. The van der Waals surface area contributed by atoms with Crippen molar-refractivity contribution in [3.8, 4) is 0 Å². The van der Waals surface area contributed by atoms with Gasteiger partial charge in [-0.25, -0.2) is 4.39 Å². The summed E-state index contributed by atoms with van der Waals surface area (Å²) in [5, 5.41) is 5.23. The number of hydrogen-bond acceptors (Lipinski definition) is 3. The van der Waals surface area contributed by atoms with E-state index >= 15 is 0 Å². The van der Waals surface area contributed by atoms with Crippen LogP contribution in [0.2, 0.25) is 0 Å². The molecule has 0 aromatic heterocycles. The van der Waals surface area contributed by atoms with Crippen LogP contribution in [0.3, 0.4) is 0 Å². The third kappa shape index (κ3) is 6.18. The van der Waals surface area contributed by atoms with Gasteiger partial charge in [-0.05, 0) is 43.2 Å². The molecule has 2 N–H and O–H groups in total. The van der Waals surface area contributed by atoms with Crippen molar-refractivity contribution < 1.29 is 18.8 Å². The summed E-state index contributed by atoms with van der Waals surface area (Å²) in [6.45, 7) is 1.80. The molecule has 6 heteroatoms. The largest absolute Gasteiger partial charge is 0.355 e. The van der Waals surface area contributed by atoms with Crippen molar-refractivity contribution in [1.29, 1.82) is 0 Å². The first-order chi connectivity index (χ1) is 11.9. The highest BCUT2D eigenvalue weighted by Crippen LogP contribution is 2.11. The highest BCUT2D eigenvalue weighted by atomic mass is 19.1. The van der Waals surface area contributed by atoms with Crippen molar-refractivity contribution in [1.82, 2.24) is 5.32 Å². The third-order valence-electron chi connectivity index (χ3n) is 3.52. The van der Waals surface area contributed by atoms with E-state index in [1.807, 2.05) is 0 Å². The van der Waals surface area contributed by atoms with Gasteiger partial charge in [0.15, 0.2) is 5.78 Å². The summed E-state index contributed by atoms with van der Waals surface area (Å²) in [7, 11) is 0. The van der Waals surface area contributed by atoms with Crippen molar-refractivity contribution in [2.24, 2.45) is 0 Å². The predicted octanol–water partition coefficient (Wildman–Crippen LogP) is 2.72. The van der Waals surface area contributed by atoms with Gasteiger partial charge in [0.25, 0.3) is 0 Å². The Morgan fingerprint density at radius 2 is 1.72 bits per heavy atom. The van der Waals surface area contributed by atoms with Gasteiger partial charge in [0.1, 0.15) is 12.2 Å². The molecule has 0 aliphatic rings. The molecule has 5 nitrogen and oxygen atoms in total. The van der Waals surface area contributed by atoms with E-state index in [1.165, 1.54) is 19.1 Å². The van der Waals surface area contributed by atoms with Gasteiger partial charge in [-0.1, -0.05) is 24.3 Å². The molecule has 0 aliphatic carbocycles. The van der Waals surface area contributed by atoms with Crippen molar-refractivity contribution in [2.45, 2.75) is 19.8 Å². The molecule has 0 radical (unpaired) electrons. The second-order valence-corrected chi connectivity index (χ2v) is 5.59. The monoisotopic (exact) mass is 342 g/mol.